The Morgan fingerprint density at radius 1 is 0.789 bits per heavy atom. The van der Waals surface area contributed by atoms with Gasteiger partial charge in [-0.3, -0.25) is 14.4 Å². The fourth-order valence-electron chi connectivity index (χ4n) is 1.73. The third-order valence-electron chi connectivity index (χ3n) is 2.59. The van der Waals surface area contributed by atoms with Gasteiger partial charge in [0.2, 0.25) is 0 Å². The van der Waals surface area contributed by atoms with E-state index in [0.717, 1.165) is 0 Å². The summed E-state index contributed by atoms with van der Waals surface area (Å²) in [6, 6.07) is 0. The molecule has 106 valence electrons. The van der Waals surface area contributed by atoms with E-state index in [1.54, 1.807) is 0 Å². The third-order valence-corrected chi connectivity index (χ3v) is 2.59. The standard InChI is InChI=1S/C8H12.C7H10O3.Ru/c1-2-4-6-8-7-5-3-1;1-4(8)7(5(2)9)6(3)10;/h1-4H,5-8H2;7H,1-3H3;/q;;+2. The van der Waals surface area contributed by atoms with Crippen molar-refractivity contribution in [2.24, 2.45) is 5.92 Å². The largest absolute Gasteiger partial charge is 2.00 e. The van der Waals surface area contributed by atoms with Gasteiger partial charge in [-0.05, 0) is 46.5 Å². The van der Waals surface area contributed by atoms with Crippen LogP contribution in [0.1, 0.15) is 46.5 Å². The molecule has 0 aromatic heterocycles. The van der Waals surface area contributed by atoms with Crippen LogP contribution in [0.2, 0.25) is 0 Å². The maximum atomic E-state index is 10.6. The molecule has 1 rings (SSSR count). The van der Waals surface area contributed by atoms with Gasteiger partial charge in [-0.1, -0.05) is 24.3 Å². The Hall–Kier alpha value is -0.887. The average Bonchev–Trinajstić information content (AvgIpc) is 2.13. The zero-order valence-electron chi connectivity index (χ0n) is 11.8. The van der Waals surface area contributed by atoms with Gasteiger partial charge in [-0.2, -0.15) is 0 Å². The molecule has 0 aliphatic heterocycles. The number of carbonyl (C=O) groups is 3. The zero-order valence-corrected chi connectivity index (χ0v) is 13.5. The number of hydrogen-bond donors (Lipinski definition) is 0. The number of Topliss-reactive ketones (excluding diaryl/α,β-unsaturated/α-hetero) is 3. The van der Waals surface area contributed by atoms with Crippen molar-refractivity contribution in [3.8, 4) is 0 Å². The van der Waals surface area contributed by atoms with Crippen LogP contribution in [0.3, 0.4) is 0 Å². The predicted molar refractivity (Wildman–Crippen MR) is 72.3 cm³/mol. The Balaban J connectivity index is 0. The van der Waals surface area contributed by atoms with Gasteiger partial charge < -0.3 is 0 Å². The van der Waals surface area contributed by atoms with Gasteiger partial charge in [-0.15, -0.1) is 0 Å². The summed E-state index contributed by atoms with van der Waals surface area (Å²) < 4.78 is 0. The van der Waals surface area contributed by atoms with E-state index in [9.17, 15) is 14.4 Å². The third kappa shape index (κ3) is 10.7. The molecule has 0 saturated heterocycles. The van der Waals surface area contributed by atoms with Crippen molar-refractivity contribution in [3.05, 3.63) is 24.3 Å². The number of ketones is 3. The topological polar surface area (TPSA) is 51.2 Å². The second kappa shape index (κ2) is 12.2. The van der Waals surface area contributed by atoms with Crippen LogP contribution in [0.25, 0.3) is 0 Å². The molecule has 4 heteroatoms. The van der Waals surface area contributed by atoms with Crippen molar-refractivity contribution in [3.63, 3.8) is 0 Å². The van der Waals surface area contributed by atoms with Gasteiger partial charge in [0.05, 0.1) is 0 Å². The van der Waals surface area contributed by atoms with Gasteiger partial charge in [0, 0.05) is 0 Å². The van der Waals surface area contributed by atoms with Crippen molar-refractivity contribution in [1.29, 1.82) is 0 Å². The summed E-state index contributed by atoms with van der Waals surface area (Å²) in [5.41, 5.74) is 0. The van der Waals surface area contributed by atoms with E-state index in [2.05, 4.69) is 24.3 Å². The summed E-state index contributed by atoms with van der Waals surface area (Å²) in [5.74, 6) is -2.15. The molecule has 0 heterocycles. The van der Waals surface area contributed by atoms with E-state index in [-0.39, 0.29) is 36.8 Å². The van der Waals surface area contributed by atoms with Crippen molar-refractivity contribution in [2.45, 2.75) is 46.5 Å². The molecular weight excluding hydrogens is 329 g/mol. The number of rotatable bonds is 3. The van der Waals surface area contributed by atoms with Crippen LogP contribution in [0.5, 0.6) is 0 Å². The minimum Gasteiger partial charge on any atom is -0.299 e. The molecule has 0 amide bonds. The molecule has 0 bridgehead atoms. The predicted octanol–water partition coefficient (Wildman–Crippen LogP) is 3.04. The summed E-state index contributed by atoms with van der Waals surface area (Å²) in [7, 11) is 0. The van der Waals surface area contributed by atoms with Crippen LogP contribution in [-0.4, -0.2) is 17.3 Å². The molecule has 0 aromatic rings. The molecule has 0 aromatic carbocycles. The monoisotopic (exact) mass is 352 g/mol. The smallest absolute Gasteiger partial charge is 0.299 e. The molecule has 0 spiro atoms. The quantitative estimate of drug-likeness (QED) is 0.580. The fraction of sp³-hybridized carbons (Fsp3) is 0.533. The van der Waals surface area contributed by atoms with Gasteiger partial charge in [0.25, 0.3) is 0 Å². The summed E-state index contributed by atoms with van der Waals surface area (Å²) in [4.78, 5) is 31.8. The van der Waals surface area contributed by atoms with Crippen molar-refractivity contribution >= 4 is 17.3 Å². The van der Waals surface area contributed by atoms with Crippen LogP contribution >= 0.6 is 0 Å². The van der Waals surface area contributed by atoms with Crippen molar-refractivity contribution in [1.82, 2.24) is 0 Å². The van der Waals surface area contributed by atoms with E-state index < -0.39 is 5.92 Å². The van der Waals surface area contributed by atoms with Crippen LogP contribution in [0.4, 0.5) is 0 Å². The normalized spacial score (nSPS) is 13.5. The minimum absolute atomic E-state index is 0. The molecule has 1 aliphatic rings. The minimum atomic E-state index is -1.03. The Kier molecular flexibility index (Phi) is 13.1. The Morgan fingerprint density at radius 3 is 1.32 bits per heavy atom. The van der Waals surface area contributed by atoms with E-state index >= 15 is 0 Å². The maximum Gasteiger partial charge on any atom is 2.00 e. The van der Waals surface area contributed by atoms with E-state index in [1.165, 1.54) is 46.5 Å². The molecule has 1 aliphatic carbocycles. The average molecular weight is 351 g/mol. The first kappa shape index (κ1) is 20.4. The zero-order chi connectivity index (χ0) is 14.0. The number of allylic oxidation sites excluding steroid dienone is 4. The molecule has 0 saturated carbocycles. The van der Waals surface area contributed by atoms with Crippen LogP contribution < -0.4 is 0 Å². The van der Waals surface area contributed by atoms with Crippen LogP contribution in [-0.2, 0) is 33.9 Å². The first-order valence-corrected chi connectivity index (χ1v) is 6.29. The van der Waals surface area contributed by atoms with Crippen LogP contribution in [0, 0.1) is 5.92 Å². The number of carbonyl (C=O) groups excluding carboxylic acids is 3. The Labute approximate surface area is 128 Å². The number of hydrogen-bond acceptors (Lipinski definition) is 3. The SMILES string of the molecule is C1=CCCCCC=C1.CC(=O)C(C(C)=O)C(C)=O.[Ru+2]. The molecule has 0 fully saturated rings. The maximum absolute atomic E-state index is 10.6. The van der Waals surface area contributed by atoms with E-state index in [0.29, 0.717) is 0 Å². The van der Waals surface area contributed by atoms with Gasteiger partial charge in [0.15, 0.2) is 0 Å². The summed E-state index contributed by atoms with van der Waals surface area (Å²) >= 11 is 0. The second-order valence-corrected chi connectivity index (χ2v) is 4.41. The van der Waals surface area contributed by atoms with Crippen molar-refractivity contribution < 1.29 is 33.9 Å². The first-order valence-electron chi connectivity index (χ1n) is 6.29. The fourth-order valence-corrected chi connectivity index (χ4v) is 1.73. The Morgan fingerprint density at radius 2 is 1.11 bits per heavy atom. The molecule has 0 unspecified atom stereocenters. The molecule has 3 nitrogen and oxygen atoms in total. The van der Waals surface area contributed by atoms with Gasteiger partial charge in [0.1, 0.15) is 23.3 Å². The molecule has 0 N–H and O–H groups in total. The van der Waals surface area contributed by atoms with Gasteiger partial charge >= 0.3 is 19.5 Å². The van der Waals surface area contributed by atoms with E-state index in [1.807, 2.05) is 0 Å². The Bertz CT molecular complexity index is 309. The van der Waals surface area contributed by atoms with Gasteiger partial charge in [-0.25, -0.2) is 0 Å². The summed E-state index contributed by atoms with van der Waals surface area (Å²) in [6.45, 7) is 3.73. The molecule has 0 atom stereocenters. The summed E-state index contributed by atoms with van der Waals surface area (Å²) in [5, 5.41) is 0. The molecular formula is C15H22O3Ru+2. The molecule has 0 radical (unpaired) electrons. The second-order valence-electron chi connectivity index (χ2n) is 4.41. The van der Waals surface area contributed by atoms with Crippen molar-refractivity contribution in [2.75, 3.05) is 0 Å². The summed E-state index contributed by atoms with van der Waals surface area (Å²) in [6.07, 6.45) is 14.0. The van der Waals surface area contributed by atoms with E-state index in [4.69, 9.17) is 0 Å². The first-order chi connectivity index (χ1) is 8.46. The van der Waals surface area contributed by atoms with Crippen LogP contribution in [0.15, 0.2) is 24.3 Å². The molecule has 19 heavy (non-hydrogen) atoms.